The summed E-state index contributed by atoms with van der Waals surface area (Å²) in [5.74, 6) is 0. The summed E-state index contributed by atoms with van der Waals surface area (Å²) in [5, 5.41) is 20.1. The molecule has 120 valence electrons. The van der Waals surface area contributed by atoms with Gasteiger partial charge in [-0.3, -0.25) is 4.68 Å². The molecule has 0 aromatic carbocycles. The van der Waals surface area contributed by atoms with Crippen LogP contribution in [0, 0.1) is 6.92 Å². The molecule has 0 aliphatic carbocycles. The van der Waals surface area contributed by atoms with Gasteiger partial charge in [-0.1, -0.05) is 26.7 Å². The lowest BCUT2D eigenvalue weighted by Crippen LogP contribution is -2.46. The van der Waals surface area contributed by atoms with Crippen LogP contribution in [0.1, 0.15) is 50.8 Å². The van der Waals surface area contributed by atoms with Gasteiger partial charge in [0.2, 0.25) is 0 Å². The van der Waals surface area contributed by atoms with Crippen molar-refractivity contribution in [3.8, 4) is 0 Å². The smallest absolute Gasteiger partial charge is 0.315 e. The Morgan fingerprint density at radius 3 is 2.43 bits per heavy atom. The fraction of sp³-hybridized carbons (Fsp3) is 0.733. The van der Waals surface area contributed by atoms with Gasteiger partial charge >= 0.3 is 6.03 Å². The molecule has 0 unspecified atom stereocenters. The highest BCUT2D eigenvalue weighted by Crippen LogP contribution is 2.18. The number of carbonyl (C=O) groups excluding carboxylic acids is 1. The van der Waals surface area contributed by atoms with E-state index < -0.39 is 5.60 Å². The quantitative estimate of drug-likeness (QED) is 0.685. The highest BCUT2D eigenvalue weighted by Gasteiger charge is 2.25. The van der Waals surface area contributed by atoms with Crippen molar-refractivity contribution >= 4 is 6.03 Å². The summed E-state index contributed by atoms with van der Waals surface area (Å²) >= 11 is 0. The van der Waals surface area contributed by atoms with Crippen molar-refractivity contribution in [1.29, 1.82) is 0 Å². The summed E-state index contributed by atoms with van der Waals surface area (Å²) in [5.41, 5.74) is 1.22. The molecule has 6 nitrogen and oxygen atoms in total. The first kappa shape index (κ1) is 17.5. The van der Waals surface area contributed by atoms with Crippen LogP contribution in [0.3, 0.4) is 0 Å². The van der Waals surface area contributed by atoms with Gasteiger partial charge in [0.15, 0.2) is 0 Å². The van der Waals surface area contributed by atoms with Crippen LogP contribution in [0.2, 0.25) is 0 Å². The van der Waals surface area contributed by atoms with E-state index in [1.807, 2.05) is 27.8 Å². The molecule has 0 aliphatic rings. The number of nitrogens with zero attached hydrogens (tertiary/aromatic N) is 2. The Bertz CT molecular complexity index is 451. The van der Waals surface area contributed by atoms with Crippen LogP contribution >= 0.6 is 0 Å². The van der Waals surface area contributed by atoms with Gasteiger partial charge in [-0.15, -0.1) is 0 Å². The second kappa shape index (κ2) is 8.02. The maximum atomic E-state index is 11.8. The molecule has 0 atom stereocenters. The number of carbonyl (C=O) groups is 1. The molecule has 6 heteroatoms. The van der Waals surface area contributed by atoms with Gasteiger partial charge in [-0.2, -0.15) is 5.10 Å². The SMILES string of the molecule is CCCC(O)(CCC)CNC(=O)NCc1cnn(C)c1C. The lowest BCUT2D eigenvalue weighted by molar-refractivity contribution is 0.0241. The van der Waals surface area contributed by atoms with Crippen LogP contribution in [-0.2, 0) is 13.6 Å². The lowest BCUT2D eigenvalue weighted by atomic mass is 9.93. The second-order valence-corrected chi connectivity index (χ2v) is 5.64. The molecule has 0 spiro atoms. The van der Waals surface area contributed by atoms with E-state index in [9.17, 15) is 9.90 Å². The van der Waals surface area contributed by atoms with Gasteiger partial charge in [0.1, 0.15) is 0 Å². The average Bonchev–Trinajstić information content (AvgIpc) is 2.75. The standard InChI is InChI=1S/C15H28N4O2/c1-5-7-15(21,8-6-2)11-17-14(20)16-9-13-10-18-19(4)12(13)3/h10,21H,5-9,11H2,1-4H3,(H2,16,17,20). The van der Waals surface area contributed by atoms with Crippen LogP contribution in [0.15, 0.2) is 6.20 Å². The van der Waals surface area contributed by atoms with E-state index in [1.54, 1.807) is 10.9 Å². The van der Waals surface area contributed by atoms with Gasteiger partial charge in [-0.05, 0) is 19.8 Å². The van der Waals surface area contributed by atoms with Crippen molar-refractivity contribution < 1.29 is 9.90 Å². The Kier molecular flexibility index (Phi) is 6.68. The molecular formula is C15H28N4O2. The van der Waals surface area contributed by atoms with E-state index in [4.69, 9.17) is 0 Å². The number of rotatable bonds is 8. The Balaban J connectivity index is 2.41. The van der Waals surface area contributed by atoms with Crippen molar-refractivity contribution in [3.63, 3.8) is 0 Å². The van der Waals surface area contributed by atoms with Crippen molar-refractivity contribution in [3.05, 3.63) is 17.5 Å². The molecule has 1 aromatic rings. The maximum Gasteiger partial charge on any atom is 0.315 e. The summed E-state index contributed by atoms with van der Waals surface area (Å²) in [4.78, 5) is 11.8. The third-order valence-corrected chi connectivity index (χ3v) is 3.79. The molecule has 0 bridgehead atoms. The van der Waals surface area contributed by atoms with Crippen molar-refractivity contribution in [1.82, 2.24) is 20.4 Å². The van der Waals surface area contributed by atoms with E-state index in [0.717, 1.165) is 24.1 Å². The first-order chi connectivity index (χ1) is 9.91. The molecule has 0 saturated carbocycles. The normalized spacial score (nSPS) is 11.5. The number of amides is 2. The zero-order chi connectivity index (χ0) is 15.9. The lowest BCUT2D eigenvalue weighted by Gasteiger charge is -2.27. The predicted molar refractivity (Wildman–Crippen MR) is 82.9 cm³/mol. The number of hydrogen-bond donors (Lipinski definition) is 3. The van der Waals surface area contributed by atoms with E-state index in [2.05, 4.69) is 15.7 Å². The molecule has 0 aliphatic heterocycles. The fourth-order valence-corrected chi connectivity index (χ4v) is 2.43. The summed E-state index contributed by atoms with van der Waals surface area (Å²) in [6.07, 6.45) is 4.94. The van der Waals surface area contributed by atoms with Crippen molar-refractivity contribution in [2.45, 2.75) is 58.6 Å². The van der Waals surface area contributed by atoms with Gasteiger partial charge in [0.05, 0.1) is 11.8 Å². The maximum absolute atomic E-state index is 11.8. The largest absolute Gasteiger partial charge is 0.388 e. The number of aliphatic hydroxyl groups is 1. The molecule has 1 heterocycles. The molecule has 3 N–H and O–H groups in total. The number of urea groups is 1. The van der Waals surface area contributed by atoms with E-state index in [-0.39, 0.29) is 12.6 Å². The van der Waals surface area contributed by atoms with Crippen molar-refractivity contribution in [2.24, 2.45) is 7.05 Å². The summed E-state index contributed by atoms with van der Waals surface area (Å²) in [6.45, 7) is 6.75. The first-order valence-corrected chi connectivity index (χ1v) is 7.63. The minimum Gasteiger partial charge on any atom is -0.388 e. The summed E-state index contributed by atoms with van der Waals surface area (Å²) in [6, 6.07) is -0.260. The molecule has 0 saturated heterocycles. The molecule has 1 aromatic heterocycles. The fourth-order valence-electron chi connectivity index (χ4n) is 2.43. The third-order valence-electron chi connectivity index (χ3n) is 3.79. The molecule has 2 amide bonds. The van der Waals surface area contributed by atoms with Gasteiger partial charge in [0, 0.05) is 31.4 Å². The Morgan fingerprint density at radius 1 is 1.33 bits per heavy atom. The Morgan fingerprint density at radius 2 is 1.95 bits per heavy atom. The number of nitrogens with one attached hydrogen (secondary N) is 2. The number of aryl methyl sites for hydroxylation is 1. The van der Waals surface area contributed by atoms with E-state index in [1.165, 1.54) is 0 Å². The second-order valence-electron chi connectivity index (χ2n) is 5.64. The highest BCUT2D eigenvalue weighted by atomic mass is 16.3. The van der Waals surface area contributed by atoms with Crippen LogP contribution < -0.4 is 10.6 Å². The monoisotopic (exact) mass is 296 g/mol. The molecule has 0 fully saturated rings. The molecular weight excluding hydrogens is 268 g/mol. The van der Waals surface area contributed by atoms with Crippen LogP contribution in [0.5, 0.6) is 0 Å². The summed E-state index contributed by atoms with van der Waals surface area (Å²) < 4.78 is 1.77. The zero-order valence-corrected chi connectivity index (χ0v) is 13.6. The van der Waals surface area contributed by atoms with Gasteiger partial charge in [-0.25, -0.2) is 4.79 Å². The van der Waals surface area contributed by atoms with Crippen LogP contribution in [-0.4, -0.2) is 33.1 Å². The Labute approximate surface area is 126 Å². The predicted octanol–water partition coefficient (Wildman–Crippen LogP) is 1.86. The highest BCUT2D eigenvalue weighted by molar-refractivity contribution is 5.73. The third kappa shape index (κ3) is 5.38. The minimum atomic E-state index is -0.801. The van der Waals surface area contributed by atoms with Crippen LogP contribution in [0.4, 0.5) is 4.79 Å². The van der Waals surface area contributed by atoms with E-state index in [0.29, 0.717) is 19.4 Å². The van der Waals surface area contributed by atoms with E-state index >= 15 is 0 Å². The zero-order valence-electron chi connectivity index (χ0n) is 13.6. The molecule has 21 heavy (non-hydrogen) atoms. The minimum absolute atomic E-state index is 0.260. The molecule has 0 radical (unpaired) electrons. The van der Waals surface area contributed by atoms with Crippen molar-refractivity contribution in [2.75, 3.05) is 6.54 Å². The van der Waals surface area contributed by atoms with Gasteiger partial charge < -0.3 is 15.7 Å². The first-order valence-electron chi connectivity index (χ1n) is 7.63. The molecule has 1 rings (SSSR count). The van der Waals surface area contributed by atoms with Crippen LogP contribution in [0.25, 0.3) is 0 Å². The topological polar surface area (TPSA) is 79.2 Å². The average molecular weight is 296 g/mol. The number of aromatic nitrogens is 2. The number of hydrogen-bond acceptors (Lipinski definition) is 3. The van der Waals surface area contributed by atoms with Gasteiger partial charge in [0.25, 0.3) is 0 Å². The Hall–Kier alpha value is -1.56. The summed E-state index contributed by atoms with van der Waals surface area (Å²) in [7, 11) is 1.87.